The van der Waals surface area contributed by atoms with Crippen LogP contribution in [0.1, 0.15) is 52.4 Å². The van der Waals surface area contributed by atoms with Gasteiger partial charge in [0.05, 0.1) is 0 Å². The van der Waals surface area contributed by atoms with Crippen molar-refractivity contribution in [2.45, 2.75) is 64.5 Å². The standard InChI is InChI=1S/C17H29N3/c1-3-4-5-8-15(2)19-16-10-13-20(14-11-16)17-9-6-7-12-18-17/h6-7,9,12,15-16,19H,3-5,8,10-11,13-14H2,1-2H3. The second-order valence-electron chi connectivity index (χ2n) is 6.01. The molecule has 112 valence electrons. The molecule has 20 heavy (non-hydrogen) atoms. The van der Waals surface area contributed by atoms with E-state index in [0.29, 0.717) is 12.1 Å². The largest absolute Gasteiger partial charge is 0.357 e. The van der Waals surface area contributed by atoms with Crippen LogP contribution in [-0.2, 0) is 0 Å². The normalized spacial score (nSPS) is 18.2. The molecule has 2 heterocycles. The Hall–Kier alpha value is -1.09. The van der Waals surface area contributed by atoms with Crippen molar-refractivity contribution in [1.29, 1.82) is 0 Å². The van der Waals surface area contributed by atoms with Crippen LogP contribution in [0.4, 0.5) is 5.82 Å². The number of hydrogen-bond donors (Lipinski definition) is 1. The maximum absolute atomic E-state index is 4.44. The number of unbranched alkanes of at least 4 members (excludes halogenated alkanes) is 2. The number of pyridine rings is 1. The Morgan fingerprint density at radius 2 is 2.10 bits per heavy atom. The minimum atomic E-state index is 0.660. The SMILES string of the molecule is CCCCCC(C)NC1CCN(c2ccccn2)CC1. The Morgan fingerprint density at radius 1 is 1.30 bits per heavy atom. The van der Waals surface area contributed by atoms with Crippen LogP contribution in [0.25, 0.3) is 0 Å². The van der Waals surface area contributed by atoms with Gasteiger partial charge in [-0.3, -0.25) is 0 Å². The van der Waals surface area contributed by atoms with Crippen LogP contribution >= 0.6 is 0 Å². The van der Waals surface area contributed by atoms with E-state index in [1.807, 2.05) is 12.3 Å². The fraction of sp³-hybridized carbons (Fsp3) is 0.706. The molecular formula is C17H29N3. The zero-order valence-corrected chi connectivity index (χ0v) is 13.0. The molecule has 0 aromatic carbocycles. The maximum Gasteiger partial charge on any atom is 0.128 e. The van der Waals surface area contributed by atoms with Crippen molar-refractivity contribution in [3.63, 3.8) is 0 Å². The number of nitrogens with zero attached hydrogens (tertiary/aromatic N) is 2. The van der Waals surface area contributed by atoms with Crippen LogP contribution in [0.15, 0.2) is 24.4 Å². The van der Waals surface area contributed by atoms with Gasteiger partial charge in [-0.15, -0.1) is 0 Å². The fourth-order valence-electron chi connectivity index (χ4n) is 3.00. The molecule has 0 bridgehead atoms. The number of nitrogens with one attached hydrogen (secondary N) is 1. The highest BCUT2D eigenvalue weighted by molar-refractivity contribution is 5.38. The van der Waals surface area contributed by atoms with Crippen molar-refractivity contribution >= 4 is 5.82 Å². The van der Waals surface area contributed by atoms with E-state index in [9.17, 15) is 0 Å². The molecule has 2 rings (SSSR count). The van der Waals surface area contributed by atoms with Gasteiger partial charge in [0, 0.05) is 31.4 Å². The third-order valence-corrected chi connectivity index (χ3v) is 4.23. The summed E-state index contributed by atoms with van der Waals surface area (Å²) in [7, 11) is 0. The van der Waals surface area contributed by atoms with Gasteiger partial charge in [-0.2, -0.15) is 0 Å². The van der Waals surface area contributed by atoms with Crippen molar-refractivity contribution in [2.75, 3.05) is 18.0 Å². The van der Waals surface area contributed by atoms with Gasteiger partial charge in [-0.25, -0.2) is 4.98 Å². The van der Waals surface area contributed by atoms with Gasteiger partial charge in [0.15, 0.2) is 0 Å². The summed E-state index contributed by atoms with van der Waals surface area (Å²) in [6.07, 6.45) is 9.70. The number of aromatic nitrogens is 1. The zero-order valence-electron chi connectivity index (χ0n) is 13.0. The molecule has 1 atom stereocenters. The van der Waals surface area contributed by atoms with Gasteiger partial charge < -0.3 is 10.2 Å². The molecule has 0 aliphatic carbocycles. The molecule has 0 radical (unpaired) electrons. The molecule has 1 aliphatic heterocycles. The van der Waals surface area contributed by atoms with Crippen LogP contribution in [0, 0.1) is 0 Å². The molecule has 1 unspecified atom stereocenters. The van der Waals surface area contributed by atoms with Gasteiger partial charge in [0.2, 0.25) is 0 Å². The Labute approximate surface area is 123 Å². The van der Waals surface area contributed by atoms with Crippen LogP contribution in [0.5, 0.6) is 0 Å². The molecule has 1 fully saturated rings. The molecule has 1 aliphatic rings. The van der Waals surface area contributed by atoms with E-state index in [1.165, 1.54) is 38.5 Å². The molecule has 1 aromatic heterocycles. The smallest absolute Gasteiger partial charge is 0.128 e. The summed E-state index contributed by atoms with van der Waals surface area (Å²) in [4.78, 5) is 6.85. The lowest BCUT2D eigenvalue weighted by Gasteiger charge is -2.34. The number of hydrogen-bond acceptors (Lipinski definition) is 3. The first kappa shape index (κ1) is 15.3. The summed E-state index contributed by atoms with van der Waals surface area (Å²) in [6, 6.07) is 7.51. The monoisotopic (exact) mass is 275 g/mol. The van der Waals surface area contributed by atoms with Crippen molar-refractivity contribution in [1.82, 2.24) is 10.3 Å². The molecule has 1 N–H and O–H groups in total. The van der Waals surface area contributed by atoms with Crippen molar-refractivity contribution in [3.05, 3.63) is 24.4 Å². The Balaban J connectivity index is 1.69. The van der Waals surface area contributed by atoms with E-state index in [4.69, 9.17) is 0 Å². The number of piperidine rings is 1. The average molecular weight is 275 g/mol. The first-order valence-corrected chi connectivity index (χ1v) is 8.21. The molecule has 0 spiro atoms. The van der Waals surface area contributed by atoms with Crippen LogP contribution in [-0.4, -0.2) is 30.2 Å². The molecule has 0 saturated carbocycles. The van der Waals surface area contributed by atoms with Gasteiger partial charge in [-0.05, 0) is 38.3 Å². The summed E-state index contributed by atoms with van der Waals surface area (Å²) < 4.78 is 0. The predicted octanol–water partition coefficient (Wildman–Crippen LogP) is 3.61. The molecule has 0 amide bonds. The number of anilines is 1. The zero-order chi connectivity index (χ0) is 14.2. The van der Waals surface area contributed by atoms with Crippen molar-refractivity contribution < 1.29 is 0 Å². The predicted molar refractivity (Wildman–Crippen MR) is 86.2 cm³/mol. The lowest BCUT2D eigenvalue weighted by molar-refractivity contribution is 0.360. The summed E-state index contributed by atoms with van der Waals surface area (Å²) in [5, 5.41) is 3.80. The molecule has 3 heteroatoms. The lowest BCUT2D eigenvalue weighted by Crippen LogP contribution is -2.45. The third kappa shape index (κ3) is 4.78. The second-order valence-corrected chi connectivity index (χ2v) is 6.01. The van der Waals surface area contributed by atoms with Crippen molar-refractivity contribution in [2.24, 2.45) is 0 Å². The minimum absolute atomic E-state index is 0.660. The summed E-state index contributed by atoms with van der Waals surface area (Å²) in [6.45, 7) is 6.85. The maximum atomic E-state index is 4.44. The Kier molecular flexibility index (Phi) is 6.31. The quantitative estimate of drug-likeness (QED) is 0.771. The first-order chi connectivity index (χ1) is 9.79. The third-order valence-electron chi connectivity index (χ3n) is 4.23. The van der Waals surface area contributed by atoms with E-state index in [1.54, 1.807) is 0 Å². The molecule has 1 saturated heterocycles. The van der Waals surface area contributed by atoms with Gasteiger partial charge in [-0.1, -0.05) is 32.3 Å². The van der Waals surface area contributed by atoms with Crippen molar-refractivity contribution in [3.8, 4) is 0 Å². The highest BCUT2D eigenvalue weighted by atomic mass is 15.2. The van der Waals surface area contributed by atoms with E-state index in [2.05, 4.69) is 41.2 Å². The van der Waals surface area contributed by atoms with E-state index in [-0.39, 0.29) is 0 Å². The Morgan fingerprint density at radius 3 is 2.75 bits per heavy atom. The molecule has 3 nitrogen and oxygen atoms in total. The lowest BCUT2D eigenvalue weighted by atomic mass is 10.0. The van der Waals surface area contributed by atoms with E-state index >= 15 is 0 Å². The van der Waals surface area contributed by atoms with Gasteiger partial charge in [0.25, 0.3) is 0 Å². The fourth-order valence-corrected chi connectivity index (χ4v) is 3.00. The van der Waals surface area contributed by atoms with Crippen LogP contribution in [0.3, 0.4) is 0 Å². The average Bonchev–Trinajstić information content (AvgIpc) is 2.49. The second kappa shape index (κ2) is 8.25. The highest BCUT2D eigenvalue weighted by Crippen LogP contribution is 2.18. The van der Waals surface area contributed by atoms with Gasteiger partial charge in [0.1, 0.15) is 5.82 Å². The van der Waals surface area contributed by atoms with Crippen LogP contribution < -0.4 is 10.2 Å². The van der Waals surface area contributed by atoms with Crippen LogP contribution in [0.2, 0.25) is 0 Å². The van der Waals surface area contributed by atoms with E-state index in [0.717, 1.165) is 18.9 Å². The highest BCUT2D eigenvalue weighted by Gasteiger charge is 2.20. The molecule has 1 aromatic rings. The Bertz CT molecular complexity index is 358. The number of rotatable bonds is 7. The summed E-state index contributed by atoms with van der Waals surface area (Å²) in [5.74, 6) is 1.13. The topological polar surface area (TPSA) is 28.2 Å². The summed E-state index contributed by atoms with van der Waals surface area (Å²) in [5.41, 5.74) is 0. The minimum Gasteiger partial charge on any atom is -0.357 e. The first-order valence-electron chi connectivity index (χ1n) is 8.21. The molecular weight excluding hydrogens is 246 g/mol. The van der Waals surface area contributed by atoms with E-state index < -0.39 is 0 Å². The van der Waals surface area contributed by atoms with Gasteiger partial charge >= 0.3 is 0 Å². The summed E-state index contributed by atoms with van der Waals surface area (Å²) >= 11 is 0.